The van der Waals surface area contributed by atoms with Crippen LogP contribution in [0.25, 0.3) is 5.57 Å². The van der Waals surface area contributed by atoms with Crippen molar-refractivity contribution >= 4 is 5.57 Å². The molecule has 4 rings (SSSR count). The van der Waals surface area contributed by atoms with Gasteiger partial charge in [0.15, 0.2) is 6.23 Å². The van der Waals surface area contributed by atoms with Crippen molar-refractivity contribution in [3.8, 4) is 23.7 Å². The van der Waals surface area contributed by atoms with Crippen LogP contribution in [0.3, 0.4) is 0 Å². The smallest absolute Gasteiger partial charge is 0.184 e. The zero-order chi connectivity index (χ0) is 19.3. The van der Waals surface area contributed by atoms with Crippen LogP contribution >= 0.6 is 0 Å². The van der Waals surface area contributed by atoms with Crippen LogP contribution in [0.1, 0.15) is 22.3 Å². The average Bonchev–Trinajstić information content (AvgIpc) is 2.74. The van der Waals surface area contributed by atoms with E-state index in [1.54, 1.807) is 0 Å². The molecule has 3 heteroatoms. The van der Waals surface area contributed by atoms with E-state index in [2.05, 4.69) is 17.9 Å². The summed E-state index contributed by atoms with van der Waals surface area (Å²) >= 11 is 0. The number of benzene rings is 3. The first-order valence-electron chi connectivity index (χ1n) is 9.06. The molecule has 1 unspecified atom stereocenters. The minimum atomic E-state index is -0.795. The second-order valence-corrected chi connectivity index (χ2v) is 6.44. The van der Waals surface area contributed by atoms with E-state index < -0.39 is 6.23 Å². The molecule has 0 saturated heterocycles. The molecule has 1 atom stereocenters. The SMILES string of the molecule is N#CC1=C(c2ccccc2)c2cccc(CC#Cc3ccccc3)c2OC1N. The van der Waals surface area contributed by atoms with E-state index >= 15 is 0 Å². The monoisotopic (exact) mass is 362 g/mol. The lowest BCUT2D eigenvalue weighted by Crippen LogP contribution is -2.33. The summed E-state index contributed by atoms with van der Waals surface area (Å²) in [6, 6.07) is 27.8. The van der Waals surface area contributed by atoms with Crippen LogP contribution in [0.15, 0.2) is 84.4 Å². The van der Waals surface area contributed by atoms with Crippen LogP contribution < -0.4 is 10.5 Å². The number of para-hydroxylation sites is 1. The Labute approximate surface area is 164 Å². The molecule has 1 aliphatic heterocycles. The van der Waals surface area contributed by atoms with Crippen LogP contribution in [0, 0.1) is 23.2 Å². The van der Waals surface area contributed by atoms with Gasteiger partial charge in [-0.25, -0.2) is 0 Å². The minimum absolute atomic E-state index is 0.436. The predicted octanol–water partition coefficient (Wildman–Crippen LogP) is 4.28. The van der Waals surface area contributed by atoms with Crippen LogP contribution in [0.2, 0.25) is 0 Å². The van der Waals surface area contributed by atoms with Gasteiger partial charge in [-0.05, 0) is 17.7 Å². The number of ether oxygens (including phenoxy) is 1. The van der Waals surface area contributed by atoms with Gasteiger partial charge in [0, 0.05) is 28.7 Å². The third-order valence-corrected chi connectivity index (χ3v) is 4.63. The number of hydrogen-bond acceptors (Lipinski definition) is 3. The molecule has 0 fully saturated rings. The van der Waals surface area contributed by atoms with Crippen molar-refractivity contribution in [2.75, 3.05) is 0 Å². The summed E-state index contributed by atoms with van der Waals surface area (Å²) in [5, 5.41) is 9.67. The minimum Gasteiger partial charge on any atom is -0.470 e. The fourth-order valence-electron chi connectivity index (χ4n) is 3.33. The quantitative estimate of drug-likeness (QED) is 0.692. The van der Waals surface area contributed by atoms with E-state index in [0.717, 1.165) is 27.8 Å². The Hall–Kier alpha value is -3.79. The maximum atomic E-state index is 9.67. The summed E-state index contributed by atoms with van der Waals surface area (Å²) < 4.78 is 5.95. The van der Waals surface area contributed by atoms with Gasteiger partial charge in [0.05, 0.1) is 5.57 Å². The molecule has 0 saturated carbocycles. The Morgan fingerprint density at radius 3 is 2.32 bits per heavy atom. The summed E-state index contributed by atoms with van der Waals surface area (Å²) in [6.07, 6.45) is -0.259. The molecular weight excluding hydrogens is 344 g/mol. The molecule has 3 aromatic rings. The number of rotatable bonds is 2. The largest absolute Gasteiger partial charge is 0.470 e. The Morgan fingerprint density at radius 2 is 1.61 bits per heavy atom. The normalized spacial score (nSPS) is 14.9. The number of nitrogens with two attached hydrogens (primary N) is 1. The van der Waals surface area contributed by atoms with Crippen molar-refractivity contribution in [1.29, 1.82) is 5.26 Å². The first kappa shape index (κ1) is 17.6. The molecule has 3 nitrogen and oxygen atoms in total. The highest BCUT2D eigenvalue weighted by Gasteiger charge is 2.28. The Kier molecular flexibility index (Phi) is 4.93. The number of nitriles is 1. The molecule has 0 amide bonds. The molecule has 1 aliphatic rings. The highest BCUT2D eigenvalue weighted by Crippen LogP contribution is 2.40. The molecule has 1 heterocycles. The topological polar surface area (TPSA) is 59.0 Å². The number of hydrogen-bond donors (Lipinski definition) is 1. The average molecular weight is 362 g/mol. The van der Waals surface area contributed by atoms with E-state index in [1.807, 2.05) is 78.9 Å². The number of nitrogens with zero attached hydrogens (tertiary/aromatic N) is 1. The van der Waals surface area contributed by atoms with Gasteiger partial charge < -0.3 is 4.74 Å². The number of fused-ring (bicyclic) bond motifs is 1. The van der Waals surface area contributed by atoms with Crippen molar-refractivity contribution in [3.05, 3.63) is 107 Å². The van der Waals surface area contributed by atoms with Crippen LogP contribution in [-0.4, -0.2) is 6.23 Å². The lowest BCUT2D eigenvalue weighted by atomic mass is 9.88. The molecule has 0 spiro atoms. The molecule has 28 heavy (non-hydrogen) atoms. The van der Waals surface area contributed by atoms with Crippen molar-refractivity contribution < 1.29 is 4.74 Å². The van der Waals surface area contributed by atoms with Crippen molar-refractivity contribution in [2.45, 2.75) is 12.6 Å². The molecule has 0 bridgehead atoms. The highest BCUT2D eigenvalue weighted by molar-refractivity contribution is 5.89. The fraction of sp³-hybridized carbons (Fsp3) is 0.0800. The van der Waals surface area contributed by atoms with E-state index in [1.165, 1.54) is 0 Å². The molecule has 134 valence electrons. The van der Waals surface area contributed by atoms with Gasteiger partial charge in [0.1, 0.15) is 11.8 Å². The second-order valence-electron chi connectivity index (χ2n) is 6.44. The Bertz CT molecular complexity index is 1130. The molecular formula is C25H18N2O. The summed E-state index contributed by atoms with van der Waals surface area (Å²) in [5.74, 6) is 7.09. The standard InChI is InChI=1S/C25H18N2O/c26-17-22-23(19-12-5-2-6-13-19)21-16-8-15-20(24(21)28-25(22)27)14-7-11-18-9-3-1-4-10-18/h1-6,8-10,12-13,15-16,25H,14,27H2. The molecule has 2 N–H and O–H groups in total. The van der Waals surface area contributed by atoms with Crippen molar-refractivity contribution in [3.63, 3.8) is 0 Å². The third-order valence-electron chi connectivity index (χ3n) is 4.63. The van der Waals surface area contributed by atoms with Crippen LogP contribution in [0.4, 0.5) is 0 Å². The van der Waals surface area contributed by atoms with E-state index in [9.17, 15) is 5.26 Å². The maximum Gasteiger partial charge on any atom is 0.184 e. The van der Waals surface area contributed by atoms with Crippen molar-refractivity contribution in [2.24, 2.45) is 5.73 Å². The zero-order valence-electron chi connectivity index (χ0n) is 15.2. The van der Waals surface area contributed by atoms with Crippen molar-refractivity contribution in [1.82, 2.24) is 0 Å². The first-order chi connectivity index (χ1) is 13.8. The summed E-state index contributed by atoms with van der Waals surface area (Å²) in [5.41, 5.74) is 11.2. The summed E-state index contributed by atoms with van der Waals surface area (Å²) in [4.78, 5) is 0. The predicted molar refractivity (Wildman–Crippen MR) is 110 cm³/mol. The van der Waals surface area contributed by atoms with Gasteiger partial charge in [0.2, 0.25) is 0 Å². The molecule has 0 aromatic heterocycles. The van der Waals surface area contributed by atoms with Gasteiger partial charge in [0.25, 0.3) is 0 Å². The zero-order valence-corrected chi connectivity index (χ0v) is 15.2. The van der Waals surface area contributed by atoms with E-state index in [0.29, 0.717) is 17.7 Å². The highest BCUT2D eigenvalue weighted by atomic mass is 16.5. The van der Waals surface area contributed by atoms with E-state index in [-0.39, 0.29) is 0 Å². The molecule has 0 radical (unpaired) electrons. The lowest BCUT2D eigenvalue weighted by molar-refractivity contribution is 0.243. The van der Waals surface area contributed by atoms with Crippen LogP contribution in [-0.2, 0) is 6.42 Å². The lowest BCUT2D eigenvalue weighted by Gasteiger charge is -2.27. The van der Waals surface area contributed by atoms with E-state index in [4.69, 9.17) is 10.5 Å². The summed E-state index contributed by atoms with van der Waals surface area (Å²) in [7, 11) is 0. The third kappa shape index (κ3) is 3.40. The first-order valence-corrected chi connectivity index (χ1v) is 9.06. The molecule has 3 aromatic carbocycles. The van der Waals surface area contributed by atoms with Gasteiger partial charge in [-0.1, -0.05) is 78.6 Å². The molecule has 0 aliphatic carbocycles. The summed E-state index contributed by atoms with van der Waals surface area (Å²) in [6.45, 7) is 0. The Morgan fingerprint density at radius 1 is 0.893 bits per heavy atom. The van der Waals surface area contributed by atoms with Gasteiger partial charge in [-0.2, -0.15) is 5.26 Å². The van der Waals surface area contributed by atoms with Crippen LogP contribution in [0.5, 0.6) is 5.75 Å². The second kappa shape index (κ2) is 7.84. The Balaban J connectivity index is 1.77. The fourth-order valence-corrected chi connectivity index (χ4v) is 3.33. The maximum absolute atomic E-state index is 9.67. The van der Waals surface area contributed by atoms with Gasteiger partial charge in [-0.3, -0.25) is 5.73 Å². The van der Waals surface area contributed by atoms with Gasteiger partial charge >= 0.3 is 0 Å². The van der Waals surface area contributed by atoms with Gasteiger partial charge in [-0.15, -0.1) is 0 Å².